The average molecular weight is 341 g/mol. The first kappa shape index (κ1) is 17.1. The highest BCUT2D eigenvalue weighted by Crippen LogP contribution is 2.23. The van der Waals surface area contributed by atoms with Crippen molar-refractivity contribution in [3.63, 3.8) is 0 Å². The third kappa shape index (κ3) is 3.68. The Morgan fingerprint density at radius 3 is 2.80 bits per heavy atom. The molecule has 2 atom stereocenters. The van der Waals surface area contributed by atoms with E-state index in [1.807, 2.05) is 19.1 Å². The fourth-order valence-corrected chi connectivity index (χ4v) is 3.12. The van der Waals surface area contributed by atoms with Gasteiger partial charge in [0.15, 0.2) is 0 Å². The number of rotatable bonds is 5. The Kier molecular flexibility index (Phi) is 5.07. The lowest BCUT2D eigenvalue weighted by Crippen LogP contribution is -2.43. The van der Waals surface area contributed by atoms with Crippen molar-refractivity contribution >= 4 is 12.3 Å². The molecule has 5 nitrogen and oxygen atoms in total. The lowest BCUT2D eigenvalue weighted by molar-refractivity contribution is -0.131. The number of aromatic nitrogens is 1. The predicted octanol–water partition coefficient (Wildman–Crippen LogP) is 2.69. The van der Waals surface area contributed by atoms with Crippen molar-refractivity contribution in [2.75, 3.05) is 6.54 Å². The number of nitrogens with zero attached hydrogens (tertiary/aromatic N) is 2. The fourth-order valence-electron chi connectivity index (χ4n) is 3.12. The van der Waals surface area contributed by atoms with Crippen molar-refractivity contribution < 1.29 is 14.0 Å². The zero-order valence-electron chi connectivity index (χ0n) is 14.0. The zero-order valence-corrected chi connectivity index (χ0v) is 14.0. The third-order valence-electron chi connectivity index (χ3n) is 4.53. The second kappa shape index (κ2) is 7.42. The van der Waals surface area contributed by atoms with Crippen LogP contribution in [0, 0.1) is 5.82 Å². The van der Waals surface area contributed by atoms with Crippen LogP contribution in [0.15, 0.2) is 42.6 Å². The molecule has 0 saturated carbocycles. The summed E-state index contributed by atoms with van der Waals surface area (Å²) in [6.45, 7) is 2.51. The molecule has 1 aromatic heterocycles. The van der Waals surface area contributed by atoms with Gasteiger partial charge in [0.1, 0.15) is 17.6 Å². The van der Waals surface area contributed by atoms with Crippen molar-refractivity contribution in [3.05, 3.63) is 54.0 Å². The normalized spacial score (nSPS) is 18.0. The first-order chi connectivity index (χ1) is 12.1. The molecule has 25 heavy (non-hydrogen) atoms. The second-order valence-corrected chi connectivity index (χ2v) is 6.19. The van der Waals surface area contributed by atoms with Crippen molar-refractivity contribution in [1.29, 1.82) is 0 Å². The van der Waals surface area contributed by atoms with Gasteiger partial charge in [-0.1, -0.05) is 24.3 Å². The summed E-state index contributed by atoms with van der Waals surface area (Å²) in [5.41, 5.74) is 1.89. The molecule has 1 saturated heterocycles. The van der Waals surface area contributed by atoms with Crippen LogP contribution < -0.4 is 5.32 Å². The van der Waals surface area contributed by atoms with E-state index in [0.29, 0.717) is 24.2 Å². The molecule has 2 heterocycles. The second-order valence-electron chi connectivity index (χ2n) is 6.19. The molecule has 6 heteroatoms. The Bertz CT molecular complexity index is 764. The molecule has 1 N–H and O–H groups in total. The number of carbonyl (C=O) groups is 2. The van der Waals surface area contributed by atoms with Crippen LogP contribution in [0.25, 0.3) is 11.3 Å². The molecule has 0 aliphatic carbocycles. The van der Waals surface area contributed by atoms with Gasteiger partial charge >= 0.3 is 0 Å². The third-order valence-corrected chi connectivity index (χ3v) is 4.53. The van der Waals surface area contributed by atoms with Crippen LogP contribution in [-0.2, 0) is 9.59 Å². The van der Waals surface area contributed by atoms with Gasteiger partial charge in [0, 0.05) is 18.3 Å². The van der Waals surface area contributed by atoms with Gasteiger partial charge in [-0.3, -0.25) is 14.6 Å². The highest BCUT2D eigenvalue weighted by Gasteiger charge is 2.30. The van der Waals surface area contributed by atoms with Crippen LogP contribution in [0.3, 0.4) is 0 Å². The molecule has 2 amide bonds. The highest BCUT2D eigenvalue weighted by molar-refractivity contribution is 5.84. The lowest BCUT2D eigenvalue weighted by atomic mass is 10.0. The van der Waals surface area contributed by atoms with E-state index in [-0.39, 0.29) is 23.8 Å². The highest BCUT2D eigenvalue weighted by atomic mass is 19.1. The minimum absolute atomic E-state index is 0.142. The Labute approximate surface area is 145 Å². The Morgan fingerprint density at radius 2 is 2.12 bits per heavy atom. The molecular weight excluding hydrogens is 321 g/mol. The van der Waals surface area contributed by atoms with Crippen LogP contribution in [-0.4, -0.2) is 34.8 Å². The van der Waals surface area contributed by atoms with Gasteiger partial charge in [0.25, 0.3) is 0 Å². The molecule has 3 rings (SSSR count). The summed E-state index contributed by atoms with van der Waals surface area (Å²) in [5, 5.41) is 2.94. The summed E-state index contributed by atoms with van der Waals surface area (Å²) in [6, 6.07) is 9.61. The molecule has 0 radical (unpaired) electrons. The summed E-state index contributed by atoms with van der Waals surface area (Å²) in [6.07, 6.45) is 3.82. The van der Waals surface area contributed by atoms with Crippen LogP contribution in [0.1, 0.15) is 31.4 Å². The summed E-state index contributed by atoms with van der Waals surface area (Å²) in [5.74, 6) is -0.510. The van der Waals surface area contributed by atoms with E-state index in [0.717, 1.165) is 18.4 Å². The van der Waals surface area contributed by atoms with E-state index >= 15 is 0 Å². The van der Waals surface area contributed by atoms with Crippen molar-refractivity contribution in [1.82, 2.24) is 15.2 Å². The average Bonchev–Trinajstić information content (AvgIpc) is 3.11. The number of nitrogens with one attached hydrogen (secondary N) is 1. The summed E-state index contributed by atoms with van der Waals surface area (Å²) >= 11 is 0. The van der Waals surface area contributed by atoms with E-state index in [1.54, 1.807) is 24.4 Å². The standard InChI is InChI=1S/C19H20FN3O2/c1-13(22-19(25)17-5-3-11-23(17)12-24)14-6-8-15(9-7-14)18-16(20)4-2-10-21-18/h2,4,6-10,12-13,17H,3,5,11H2,1H3,(H,22,25). The monoisotopic (exact) mass is 341 g/mol. The van der Waals surface area contributed by atoms with Gasteiger partial charge in [0.2, 0.25) is 12.3 Å². The molecule has 1 fully saturated rings. The Morgan fingerprint density at radius 1 is 1.36 bits per heavy atom. The first-order valence-electron chi connectivity index (χ1n) is 8.32. The molecule has 1 aliphatic heterocycles. The van der Waals surface area contributed by atoms with Gasteiger partial charge in [-0.2, -0.15) is 0 Å². The van der Waals surface area contributed by atoms with Gasteiger partial charge < -0.3 is 10.2 Å². The molecule has 1 aromatic carbocycles. The van der Waals surface area contributed by atoms with Crippen LogP contribution in [0.2, 0.25) is 0 Å². The maximum Gasteiger partial charge on any atom is 0.243 e. The molecule has 0 spiro atoms. The fraction of sp³-hybridized carbons (Fsp3) is 0.316. The quantitative estimate of drug-likeness (QED) is 0.851. The maximum atomic E-state index is 13.8. The van der Waals surface area contributed by atoms with Crippen LogP contribution in [0.5, 0.6) is 0 Å². The lowest BCUT2D eigenvalue weighted by Gasteiger charge is -2.22. The van der Waals surface area contributed by atoms with Crippen molar-refractivity contribution in [2.24, 2.45) is 0 Å². The minimum atomic E-state index is -0.387. The molecule has 2 unspecified atom stereocenters. The summed E-state index contributed by atoms with van der Waals surface area (Å²) in [4.78, 5) is 28.9. The van der Waals surface area contributed by atoms with Gasteiger partial charge in [-0.05, 0) is 37.5 Å². The number of amides is 2. The molecule has 0 bridgehead atoms. The first-order valence-corrected chi connectivity index (χ1v) is 8.32. The van der Waals surface area contributed by atoms with Crippen LogP contribution in [0.4, 0.5) is 4.39 Å². The summed E-state index contributed by atoms with van der Waals surface area (Å²) in [7, 11) is 0. The van der Waals surface area contributed by atoms with E-state index in [9.17, 15) is 14.0 Å². The van der Waals surface area contributed by atoms with E-state index in [2.05, 4.69) is 10.3 Å². The number of hydrogen-bond acceptors (Lipinski definition) is 3. The number of halogens is 1. The number of carbonyl (C=O) groups excluding carboxylic acids is 2. The number of hydrogen-bond donors (Lipinski definition) is 1. The van der Waals surface area contributed by atoms with E-state index in [4.69, 9.17) is 0 Å². The Balaban J connectivity index is 1.69. The summed E-state index contributed by atoms with van der Waals surface area (Å²) < 4.78 is 13.8. The van der Waals surface area contributed by atoms with Gasteiger partial charge in [-0.15, -0.1) is 0 Å². The molecule has 130 valence electrons. The van der Waals surface area contributed by atoms with Crippen molar-refractivity contribution in [3.8, 4) is 11.3 Å². The van der Waals surface area contributed by atoms with E-state index < -0.39 is 0 Å². The van der Waals surface area contributed by atoms with Gasteiger partial charge in [0.05, 0.1) is 6.04 Å². The smallest absolute Gasteiger partial charge is 0.243 e. The topological polar surface area (TPSA) is 62.3 Å². The Hall–Kier alpha value is -2.76. The molecule has 1 aliphatic rings. The largest absolute Gasteiger partial charge is 0.348 e. The van der Waals surface area contributed by atoms with Gasteiger partial charge in [-0.25, -0.2) is 4.39 Å². The minimum Gasteiger partial charge on any atom is -0.348 e. The number of likely N-dealkylation sites (tertiary alicyclic amines) is 1. The van der Waals surface area contributed by atoms with Crippen LogP contribution >= 0.6 is 0 Å². The van der Waals surface area contributed by atoms with Crippen molar-refractivity contribution in [2.45, 2.75) is 31.8 Å². The maximum absolute atomic E-state index is 13.8. The molecular formula is C19H20FN3O2. The zero-order chi connectivity index (χ0) is 17.8. The van der Waals surface area contributed by atoms with E-state index in [1.165, 1.54) is 11.0 Å². The number of pyridine rings is 1. The number of benzene rings is 1. The molecule has 2 aromatic rings. The predicted molar refractivity (Wildman–Crippen MR) is 92.0 cm³/mol. The SMILES string of the molecule is CC(NC(=O)C1CCCN1C=O)c1ccc(-c2ncccc2F)cc1.